The van der Waals surface area contributed by atoms with Gasteiger partial charge in [0.1, 0.15) is 5.82 Å². The first-order chi connectivity index (χ1) is 8.77. The molecule has 18 heavy (non-hydrogen) atoms. The van der Waals surface area contributed by atoms with Gasteiger partial charge in [-0.15, -0.1) is 0 Å². The molecule has 0 saturated heterocycles. The molecule has 2 heteroatoms. The minimum absolute atomic E-state index is 0.309. The summed E-state index contributed by atoms with van der Waals surface area (Å²) >= 11 is 0. The number of aryl methyl sites for hydroxylation is 1. The van der Waals surface area contributed by atoms with Crippen molar-refractivity contribution in [2.45, 2.75) is 12.8 Å². The maximum atomic E-state index is 4.75. The van der Waals surface area contributed by atoms with Gasteiger partial charge in [-0.3, -0.25) is 0 Å². The lowest BCUT2D eigenvalue weighted by atomic mass is 10.0. The van der Waals surface area contributed by atoms with Gasteiger partial charge in [0, 0.05) is 13.0 Å². The predicted molar refractivity (Wildman–Crippen MR) is 74.7 cm³/mol. The van der Waals surface area contributed by atoms with E-state index in [1.54, 1.807) is 0 Å². The van der Waals surface area contributed by atoms with E-state index in [-0.39, 0.29) is 0 Å². The lowest BCUT2D eigenvalue weighted by Crippen LogP contribution is -2.04. The van der Waals surface area contributed by atoms with E-state index < -0.39 is 0 Å². The molecule has 2 nitrogen and oxygen atoms in total. The minimum Gasteiger partial charge on any atom is -0.331 e. The molecule has 0 aliphatic heterocycles. The molecule has 1 atom stereocenters. The molecular weight excluding hydrogens is 220 g/mol. The van der Waals surface area contributed by atoms with Crippen molar-refractivity contribution >= 4 is 11.0 Å². The van der Waals surface area contributed by atoms with Crippen molar-refractivity contribution < 1.29 is 0 Å². The normalized spacial score (nSPS) is 12.8. The van der Waals surface area contributed by atoms with Gasteiger partial charge in [-0.2, -0.15) is 0 Å². The highest BCUT2D eigenvalue weighted by molar-refractivity contribution is 5.76. The van der Waals surface area contributed by atoms with Crippen LogP contribution < -0.4 is 0 Å². The van der Waals surface area contributed by atoms with Crippen LogP contribution in [-0.4, -0.2) is 9.55 Å². The summed E-state index contributed by atoms with van der Waals surface area (Å²) in [4.78, 5) is 4.75. The molecule has 0 bridgehead atoms. The molecule has 0 aliphatic rings. The largest absolute Gasteiger partial charge is 0.331 e. The first-order valence-electron chi connectivity index (χ1n) is 6.23. The maximum absolute atomic E-state index is 4.75. The summed E-state index contributed by atoms with van der Waals surface area (Å²) in [5, 5.41) is 0. The Hall–Kier alpha value is -2.09. The smallest absolute Gasteiger partial charge is 0.116 e. The van der Waals surface area contributed by atoms with Crippen LogP contribution in [-0.2, 0) is 7.05 Å². The molecule has 1 aromatic heterocycles. The second kappa shape index (κ2) is 4.30. The van der Waals surface area contributed by atoms with Crippen molar-refractivity contribution in [3.63, 3.8) is 0 Å². The number of imidazole rings is 1. The molecule has 3 aromatic rings. The van der Waals surface area contributed by atoms with Gasteiger partial charge in [-0.05, 0) is 17.7 Å². The van der Waals surface area contributed by atoms with E-state index in [0.29, 0.717) is 5.92 Å². The summed E-state index contributed by atoms with van der Waals surface area (Å²) in [6.07, 6.45) is 0. The number of hydrogen-bond acceptors (Lipinski definition) is 1. The SMILES string of the molecule is CC(c1ccccc1)c1nc2ccccc2n1C. The molecule has 1 heterocycles. The molecule has 0 fully saturated rings. The lowest BCUT2D eigenvalue weighted by Gasteiger charge is -2.11. The van der Waals surface area contributed by atoms with Crippen molar-refractivity contribution in [3.8, 4) is 0 Å². The van der Waals surface area contributed by atoms with Gasteiger partial charge in [0.15, 0.2) is 0 Å². The number of hydrogen-bond donors (Lipinski definition) is 0. The van der Waals surface area contributed by atoms with Crippen LogP contribution in [0.3, 0.4) is 0 Å². The fraction of sp³-hybridized carbons (Fsp3) is 0.188. The minimum atomic E-state index is 0.309. The van der Waals surface area contributed by atoms with Crippen molar-refractivity contribution in [2.24, 2.45) is 7.05 Å². The fourth-order valence-electron chi connectivity index (χ4n) is 2.44. The summed E-state index contributed by atoms with van der Waals surface area (Å²) in [6, 6.07) is 18.8. The Labute approximate surface area is 107 Å². The van der Waals surface area contributed by atoms with E-state index in [2.05, 4.69) is 61.0 Å². The van der Waals surface area contributed by atoms with E-state index in [4.69, 9.17) is 4.98 Å². The molecule has 0 amide bonds. The van der Waals surface area contributed by atoms with Crippen LogP contribution in [0.1, 0.15) is 24.2 Å². The molecule has 0 radical (unpaired) electrons. The Bertz CT molecular complexity index is 668. The highest BCUT2D eigenvalue weighted by Gasteiger charge is 2.15. The molecule has 0 spiro atoms. The van der Waals surface area contributed by atoms with Crippen LogP contribution in [0.15, 0.2) is 54.6 Å². The van der Waals surface area contributed by atoms with Gasteiger partial charge >= 0.3 is 0 Å². The van der Waals surface area contributed by atoms with Crippen LogP contribution >= 0.6 is 0 Å². The van der Waals surface area contributed by atoms with Crippen LogP contribution in [0.4, 0.5) is 0 Å². The van der Waals surface area contributed by atoms with Gasteiger partial charge in [0.25, 0.3) is 0 Å². The standard InChI is InChI=1S/C16H16N2/c1-12(13-8-4-3-5-9-13)16-17-14-10-6-7-11-15(14)18(16)2/h3-12H,1-2H3. The molecule has 3 rings (SSSR count). The maximum Gasteiger partial charge on any atom is 0.116 e. The zero-order valence-electron chi connectivity index (χ0n) is 10.7. The Balaban J connectivity index is 2.12. The number of fused-ring (bicyclic) bond motifs is 1. The summed E-state index contributed by atoms with van der Waals surface area (Å²) < 4.78 is 2.19. The topological polar surface area (TPSA) is 17.8 Å². The molecule has 0 N–H and O–H groups in total. The van der Waals surface area contributed by atoms with Crippen LogP contribution in [0.5, 0.6) is 0 Å². The third-order valence-electron chi connectivity index (χ3n) is 3.51. The lowest BCUT2D eigenvalue weighted by molar-refractivity contribution is 0.753. The zero-order valence-corrected chi connectivity index (χ0v) is 10.7. The molecule has 90 valence electrons. The quantitative estimate of drug-likeness (QED) is 0.663. The molecule has 0 aliphatic carbocycles. The molecular formula is C16H16N2. The molecule has 2 aromatic carbocycles. The Kier molecular flexibility index (Phi) is 2.63. The van der Waals surface area contributed by atoms with E-state index in [0.717, 1.165) is 11.3 Å². The first kappa shape index (κ1) is 11.0. The summed E-state index contributed by atoms with van der Waals surface area (Å²) in [5.41, 5.74) is 3.56. The van der Waals surface area contributed by atoms with Crippen LogP contribution in [0, 0.1) is 0 Å². The fourth-order valence-corrected chi connectivity index (χ4v) is 2.44. The summed E-state index contributed by atoms with van der Waals surface area (Å²) in [5.74, 6) is 1.42. The third-order valence-corrected chi connectivity index (χ3v) is 3.51. The highest BCUT2D eigenvalue weighted by atomic mass is 15.1. The summed E-state index contributed by atoms with van der Waals surface area (Å²) in [6.45, 7) is 2.20. The van der Waals surface area contributed by atoms with E-state index in [9.17, 15) is 0 Å². The number of aromatic nitrogens is 2. The zero-order chi connectivity index (χ0) is 12.5. The average Bonchev–Trinajstić information content (AvgIpc) is 2.77. The van der Waals surface area contributed by atoms with E-state index >= 15 is 0 Å². The number of nitrogens with zero attached hydrogens (tertiary/aromatic N) is 2. The van der Waals surface area contributed by atoms with E-state index in [1.165, 1.54) is 11.1 Å². The van der Waals surface area contributed by atoms with Gasteiger partial charge < -0.3 is 4.57 Å². The van der Waals surface area contributed by atoms with Crippen molar-refractivity contribution in [1.29, 1.82) is 0 Å². The van der Waals surface area contributed by atoms with Crippen molar-refractivity contribution in [1.82, 2.24) is 9.55 Å². The van der Waals surface area contributed by atoms with Gasteiger partial charge in [0.2, 0.25) is 0 Å². The Morgan fingerprint density at radius 2 is 1.61 bits per heavy atom. The Morgan fingerprint density at radius 3 is 2.33 bits per heavy atom. The van der Waals surface area contributed by atoms with Crippen LogP contribution in [0.2, 0.25) is 0 Å². The number of rotatable bonds is 2. The monoisotopic (exact) mass is 236 g/mol. The van der Waals surface area contributed by atoms with Gasteiger partial charge in [-0.1, -0.05) is 49.4 Å². The second-order valence-electron chi connectivity index (χ2n) is 4.65. The predicted octanol–water partition coefficient (Wildman–Crippen LogP) is 3.73. The van der Waals surface area contributed by atoms with Crippen molar-refractivity contribution in [3.05, 3.63) is 66.0 Å². The Morgan fingerprint density at radius 1 is 0.944 bits per heavy atom. The van der Waals surface area contributed by atoms with Crippen LogP contribution in [0.25, 0.3) is 11.0 Å². The summed E-state index contributed by atoms with van der Waals surface area (Å²) in [7, 11) is 2.09. The molecule has 0 saturated carbocycles. The van der Waals surface area contributed by atoms with Gasteiger partial charge in [-0.25, -0.2) is 4.98 Å². The third kappa shape index (κ3) is 1.70. The molecule has 1 unspecified atom stereocenters. The average molecular weight is 236 g/mol. The number of benzene rings is 2. The highest BCUT2D eigenvalue weighted by Crippen LogP contribution is 2.25. The van der Waals surface area contributed by atoms with E-state index in [1.807, 2.05) is 12.1 Å². The first-order valence-corrected chi connectivity index (χ1v) is 6.23. The number of para-hydroxylation sites is 2. The van der Waals surface area contributed by atoms with Gasteiger partial charge in [0.05, 0.1) is 11.0 Å². The van der Waals surface area contributed by atoms with Crippen molar-refractivity contribution in [2.75, 3.05) is 0 Å². The second-order valence-corrected chi connectivity index (χ2v) is 4.65.